The van der Waals surface area contributed by atoms with Crippen LogP contribution in [0.5, 0.6) is 0 Å². The number of likely N-dealkylation sites (tertiary alicyclic amines) is 1. The highest BCUT2D eigenvalue weighted by atomic mass is 16.4. The molecule has 1 N–H and O–H groups in total. The van der Waals surface area contributed by atoms with E-state index < -0.39 is 5.97 Å². The zero-order valence-corrected chi connectivity index (χ0v) is 14.9. The maximum Gasteiger partial charge on any atom is 0.321 e. The van der Waals surface area contributed by atoms with Crippen molar-refractivity contribution < 1.29 is 9.90 Å². The van der Waals surface area contributed by atoms with Crippen LogP contribution in [0.25, 0.3) is 0 Å². The van der Waals surface area contributed by atoms with Crippen LogP contribution < -0.4 is 0 Å². The lowest BCUT2D eigenvalue weighted by Gasteiger charge is -2.31. The van der Waals surface area contributed by atoms with Gasteiger partial charge in [-0.2, -0.15) is 0 Å². The molecule has 2 atom stereocenters. The zero-order chi connectivity index (χ0) is 16.2. The van der Waals surface area contributed by atoms with E-state index in [4.69, 9.17) is 0 Å². The number of carboxylic acid groups (broad SMARTS) is 1. The monoisotopic (exact) mass is 311 g/mol. The smallest absolute Gasteiger partial charge is 0.321 e. The first kappa shape index (κ1) is 19.5. The minimum atomic E-state index is -0.589. The van der Waals surface area contributed by atoms with E-state index in [1.165, 1.54) is 57.8 Å². The molecule has 0 aromatic heterocycles. The quantitative estimate of drug-likeness (QED) is 0.481. The highest BCUT2D eigenvalue weighted by Crippen LogP contribution is 2.27. The van der Waals surface area contributed by atoms with E-state index in [0.717, 1.165) is 32.4 Å². The molecule has 1 rings (SSSR count). The van der Waals surface area contributed by atoms with Crippen molar-refractivity contribution in [2.24, 2.45) is 5.92 Å². The normalized spacial score (nSPS) is 18.5. The molecular weight excluding hydrogens is 274 g/mol. The number of rotatable bonds is 13. The zero-order valence-electron chi connectivity index (χ0n) is 14.9. The predicted molar refractivity (Wildman–Crippen MR) is 93.2 cm³/mol. The maximum atomic E-state index is 11.8. The van der Waals surface area contributed by atoms with Crippen molar-refractivity contribution in [2.45, 2.75) is 96.9 Å². The van der Waals surface area contributed by atoms with Gasteiger partial charge in [0.15, 0.2) is 0 Å². The van der Waals surface area contributed by atoms with Gasteiger partial charge in [-0.05, 0) is 44.7 Å². The van der Waals surface area contributed by atoms with Crippen LogP contribution in [0.4, 0.5) is 0 Å². The SMILES string of the molecule is CCCCCCCCC(CCCC)C(C(=O)O)N1CCCC1. The Bertz CT molecular complexity index is 287. The maximum absolute atomic E-state index is 11.8. The van der Waals surface area contributed by atoms with Crippen molar-refractivity contribution in [3.8, 4) is 0 Å². The summed E-state index contributed by atoms with van der Waals surface area (Å²) in [6, 6.07) is -0.232. The number of hydrogen-bond donors (Lipinski definition) is 1. The minimum absolute atomic E-state index is 0.232. The molecule has 0 aromatic carbocycles. The van der Waals surface area contributed by atoms with Crippen molar-refractivity contribution >= 4 is 5.97 Å². The molecule has 0 radical (unpaired) electrons. The van der Waals surface area contributed by atoms with Crippen molar-refractivity contribution in [1.29, 1.82) is 0 Å². The fraction of sp³-hybridized carbons (Fsp3) is 0.947. The van der Waals surface area contributed by atoms with Crippen LogP contribution >= 0.6 is 0 Å². The van der Waals surface area contributed by atoms with Crippen molar-refractivity contribution in [2.75, 3.05) is 13.1 Å². The van der Waals surface area contributed by atoms with Gasteiger partial charge in [-0.15, -0.1) is 0 Å². The van der Waals surface area contributed by atoms with E-state index in [2.05, 4.69) is 18.7 Å². The lowest BCUT2D eigenvalue weighted by atomic mass is 9.87. The molecule has 1 aliphatic heterocycles. The van der Waals surface area contributed by atoms with Crippen LogP contribution in [0.2, 0.25) is 0 Å². The van der Waals surface area contributed by atoms with Crippen LogP contribution in [0.15, 0.2) is 0 Å². The second-order valence-electron chi connectivity index (χ2n) is 6.98. The molecule has 0 aliphatic carbocycles. The van der Waals surface area contributed by atoms with Crippen LogP contribution in [0.3, 0.4) is 0 Å². The van der Waals surface area contributed by atoms with Crippen LogP contribution in [-0.2, 0) is 4.79 Å². The summed E-state index contributed by atoms with van der Waals surface area (Å²) >= 11 is 0. The largest absolute Gasteiger partial charge is 0.480 e. The van der Waals surface area contributed by atoms with Crippen molar-refractivity contribution in [3.05, 3.63) is 0 Å². The standard InChI is InChI=1S/C19H37NO2/c1-3-5-7-8-9-10-14-17(13-6-4-2)18(19(21)22)20-15-11-12-16-20/h17-18H,3-16H2,1-2H3,(H,21,22). The van der Waals surface area contributed by atoms with E-state index >= 15 is 0 Å². The third kappa shape index (κ3) is 7.13. The third-order valence-electron chi connectivity index (χ3n) is 5.09. The molecule has 3 heteroatoms. The van der Waals surface area contributed by atoms with Gasteiger partial charge in [-0.1, -0.05) is 65.2 Å². The van der Waals surface area contributed by atoms with E-state index in [9.17, 15) is 9.90 Å². The summed E-state index contributed by atoms with van der Waals surface area (Å²) in [6.45, 7) is 6.41. The Morgan fingerprint density at radius 1 is 0.909 bits per heavy atom. The van der Waals surface area contributed by atoms with E-state index in [1.54, 1.807) is 0 Å². The molecule has 3 nitrogen and oxygen atoms in total. The van der Waals surface area contributed by atoms with Gasteiger partial charge >= 0.3 is 5.97 Å². The van der Waals surface area contributed by atoms with Gasteiger partial charge in [0.05, 0.1) is 0 Å². The molecule has 0 spiro atoms. The molecular formula is C19H37NO2. The molecule has 0 saturated carbocycles. The minimum Gasteiger partial charge on any atom is -0.480 e. The molecule has 0 bridgehead atoms. The highest BCUT2D eigenvalue weighted by molar-refractivity contribution is 5.74. The molecule has 2 unspecified atom stereocenters. The average Bonchev–Trinajstić information content (AvgIpc) is 3.01. The van der Waals surface area contributed by atoms with E-state index in [1.807, 2.05) is 0 Å². The van der Waals surface area contributed by atoms with Gasteiger partial charge in [0.25, 0.3) is 0 Å². The van der Waals surface area contributed by atoms with Gasteiger partial charge in [-0.25, -0.2) is 0 Å². The van der Waals surface area contributed by atoms with Crippen LogP contribution in [0, 0.1) is 5.92 Å². The van der Waals surface area contributed by atoms with E-state index in [-0.39, 0.29) is 6.04 Å². The number of unbranched alkanes of at least 4 members (excludes halogenated alkanes) is 6. The summed E-state index contributed by atoms with van der Waals surface area (Å²) < 4.78 is 0. The number of carboxylic acids is 1. The first-order valence-corrected chi connectivity index (χ1v) is 9.67. The first-order chi connectivity index (χ1) is 10.7. The van der Waals surface area contributed by atoms with Gasteiger partial charge < -0.3 is 5.11 Å². The Morgan fingerprint density at radius 2 is 1.45 bits per heavy atom. The topological polar surface area (TPSA) is 40.5 Å². The Hall–Kier alpha value is -0.570. The molecule has 130 valence electrons. The molecule has 1 heterocycles. The fourth-order valence-electron chi connectivity index (χ4n) is 3.79. The Balaban J connectivity index is 2.46. The summed E-state index contributed by atoms with van der Waals surface area (Å²) in [5.41, 5.74) is 0. The van der Waals surface area contributed by atoms with Gasteiger partial charge in [0.2, 0.25) is 0 Å². The summed E-state index contributed by atoms with van der Waals surface area (Å²) in [6.07, 6.45) is 14.6. The Morgan fingerprint density at radius 3 is 2.05 bits per heavy atom. The highest BCUT2D eigenvalue weighted by Gasteiger charge is 2.34. The number of carbonyl (C=O) groups is 1. The molecule has 0 amide bonds. The first-order valence-electron chi connectivity index (χ1n) is 9.67. The van der Waals surface area contributed by atoms with Crippen molar-refractivity contribution in [3.63, 3.8) is 0 Å². The Labute approximate surface area is 137 Å². The lowest BCUT2D eigenvalue weighted by Crippen LogP contribution is -2.44. The van der Waals surface area contributed by atoms with E-state index in [0.29, 0.717) is 5.92 Å². The second kappa shape index (κ2) is 11.9. The molecule has 1 saturated heterocycles. The summed E-state index contributed by atoms with van der Waals surface area (Å²) in [7, 11) is 0. The van der Waals surface area contributed by atoms with Crippen LogP contribution in [0.1, 0.15) is 90.9 Å². The molecule has 1 fully saturated rings. The van der Waals surface area contributed by atoms with Crippen molar-refractivity contribution in [1.82, 2.24) is 4.90 Å². The number of nitrogens with zero attached hydrogens (tertiary/aromatic N) is 1. The average molecular weight is 312 g/mol. The number of hydrogen-bond acceptors (Lipinski definition) is 2. The second-order valence-corrected chi connectivity index (χ2v) is 6.98. The van der Waals surface area contributed by atoms with Gasteiger partial charge in [0.1, 0.15) is 6.04 Å². The fourth-order valence-corrected chi connectivity index (χ4v) is 3.79. The predicted octanol–water partition coefficient (Wildman–Crippen LogP) is 5.09. The third-order valence-corrected chi connectivity index (χ3v) is 5.09. The van der Waals surface area contributed by atoms with Crippen LogP contribution in [-0.4, -0.2) is 35.1 Å². The number of aliphatic carboxylic acids is 1. The van der Waals surface area contributed by atoms with Gasteiger partial charge in [0, 0.05) is 0 Å². The summed E-state index contributed by atoms with van der Waals surface area (Å²) in [4.78, 5) is 14.1. The molecule has 0 aromatic rings. The lowest BCUT2D eigenvalue weighted by molar-refractivity contribution is -0.145. The van der Waals surface area contributed by atoms with Gasteiger partial charge in [-0.3, -0.25) is 9.69 Å². The summed E-state index contributed by atoms with van der Waals surface area (Å²) in [5.74, 6) is -0.240. The Kier molecular flexibility index (Phi) is 10.6. The summed E-state index contributed by atoms with van der Waals surface area (Å²) in [5, 5.41) is 9.73. The molecule has 22 heavy (non-hydrogen) atoms. The molecule has 1 aliphatic rings.